The van der Waals surface area contributed by atoms with Crippen LogP contribution in [0.2, 0.25) is 0 Å². The molecule has 1 heterocycles. The molecule has 0 bridgehead atoms. The molecule has 3 heteroatoms. The topological polar surface area (TPSA) is 25.8 Å². The summed E-state index contributed by atoms with van der Waals surface area (Å²) in [6.07, 6.45) is 0.895. The number of benzene rings is 1. The van der Waals surface area contributed by atoms with Gasteiger partial charge in [-0.15, -0.1) is 10.2 Å². The lowest BCUT2D eigenvalue weighted by atomic mass is 9.96. The Balaban J connectivity index is 2.74. The first-order chi connectivity index (χ1) is 7.24. The summed E-state index contributed by atoms with van der Waals surface area (Å²) in [4.78, 5) is 0. The molecule has 2 nitrogen and oxygen atoms in total. The molecule has 0 radical (unpaired) electrons. The van der Waals surface area contributed by atoms with E-state index in [1.165, 1.54) is 0 Å². The molecule has 15 heavy (non-hydrogen) atoms. The van der Waals surface area contributed by atoms with Gasteiger partial charge in [-0.1, -0.05) is 32.0 Å². The Hall–Kier alpha value is -1.51. The smallest absolute Gasteiger partial charge is 0.183 e. The number of hydrogen-bond donors (Lipinski definition) is 0. The second-order valence-electron chi connectivity index (χ2n) is 3.73. The summed E-state index contributed by atoms with van der Waals surface area (Å²) in [5.41, 5.74) is 1.44. The van der Waals surface area contributed by atoms with E-state index >= 15 is 0 Å². The normalized spacial score (nSPS) is 13.0. The first kappa shape index (κ1) is 10.0. The third-order valence-electron chi connectivity index (χ3n) is 2.77. The quantitative estimate of drug-likeness (QED) is 0.750. The molecule has 1 atom stereocenters. The van der Waals surface area contributed by atoms with Crippen molar-refractivity contribution in [1.29, 1.82) is 0 Å². The Kier molecular flexibility index (Phi) is 2.62. The van der Waals surface area contributed by atoms with Crippen LogP contribution in [0.5, 0.6) is 0 Å². The standard InChI is InChI=1S/C12H13FN2/c1-3-8(2)11-9-6-4-5-7-10(9)14-15-12(11)13/h4-8H,3H2,1-2H3. The molecule has 0 spiro atoms. The Morgan fingerprint density at radius 3 is 2.73 bits per heavy atom. The Bertz CT molecular complexity index is 482. The van der Waals surface area contributed by atoms with Crippen molar-refractivity contribution in [3.63, 3.8) is 0 Å². The third kappa shape index (κ3) is 1.69. The highest BCUT2D eigenvalue weighted by Crippen LogP contribution is 2.27. The largest absolute Gasteiger partial charge is 0.237 e. The van der Waals surface area contributed by atoms with Gasteiger partial charge in [-0.3, -0.25) is 0 Å². The van der Waals surface area contributed by atoms with Crippen LogP contribution in [0.15, 0.2) is 24.3 Å². The molecular weight excluding hydrogens is 191 g/mol. The Morgan fingerprint density at radius 1 is 1.27 bits per heavy atom. The molecule has 1 unspecified atom stereocenters. The van der Waals surface area contributed by atoms with E-state index in [1.54, 1.807) is 0 Å². The van der Waals surface area contributed by atoms with Gasteiger partial charge in [-0.2, -0.15) is 4.39 Å². The van der Waals surface area contributed by atoms with Gasteiger partial charge >= 0.3 is 0 Å². The summed E-state index contributed by atoms with van der Waals surface area (Å²) in [7, 11) is 0. The van der Waals surface area contributed by atoms with E-state index < -0.39 is 5.95 Å². The number of fused-ring (bicyclic) bond motifs is 1. The summed E-state index contributed by atoms with van der Waals surface area (Å²) in [6, 6.07) is 7.53. The summed E-state index contributed by atoms with van der Waals surface area (Å²) in [5.74, 6) is -0.270. The number of rotatable bonds is 2. The van der Waals surface area contributed by atoms with Gasteiger partial charge in [0.1, 0.15) is 0 Å². The van der Waals surface area contributed by atoms with E-state index in [0.29, 0.717) is 5.56 Å². The zero-order valence-corrected chi connectivity index (χ0v) is 8.87. The molecule has 78 valence electrons. The van der Waals surface area contributed by atoms with Gasteiger partial charge in [0.05, 0.1) is 5.52 Å². The molecule has 1 aromatic carbocycles. The number of halogens is 1. The molecule has 0 aliphatic rings. The van der Waals surface area contributed by atoms with Crippen LogP contribution in [0.25, 0.3) is 10.9 Å². The van der Waals surface area contributed by atoms with E-state index in [4.69, 9.17) is 0 Å². The fraction of sp³-hybridized carbons (Fsp3) is 0.333. The molecule has 0 aliphatic heterocycles. The second-order valence-corrected chi connectivity index (χ2v) is 3.73. The zero-order valence-electron chi connectivity index (χ0n) is 8.87. The lowest BCUT2D eigenvalue weighted by molar-refractivity contribution is 0.535. The molecule has 0 fully saturated rings. The van der Waals surface area contributed by atoms with Gasteiger partial charge in [0.25, 0.3) is 0 Å². The summed E-state index contributed by atoms with van der Waals surface area (Å²) >= 11 is 0. The maximum absolute atomic E-state index is 13.6. The van der Waals surface area contributed by atoms with E-state index in [0.717, 1.165) is 17.3 Å². The fourth-order valence-corrected chi connectivity index (χ4v) is 1.72. The van der Waals surface area contributed by atoms with Crippen LogP contribution >= 0.6 is 0 Å². The van der Waals surface area contributed by atoms with Crippen molar-refractivity contribution in [2.24, 2.45) is 0 Å². The van der Waals surface area contributed by atoms with Gasteiger partial charge in [0.15, 0.2) is 0 Å². The predicted octanol–water partition coefficient (Wildman–Crippen LogP) is 3.28. The molecule has 0 amide bonds. The van der Waals surface area contributed by atoms with Crippen molar-refractivity contribution >= 4 is 10.9 Å². The van der Waals surface area contributed by atoms with Crippen LogP contribution in [0.3, 0.4) is 0 Å². The molecular formula is C12H13FN2. The SMILES string of the molecule is CCC(C)c1c(F)nnc2ccccc12. The molecule has 0 saturated carbocycles. The third-order valence-corrected chi connectivity index (χ3v) is 2.77. The predicted molar refractivity (Wildman–Crippen MR) is 58.2 cm³/mol. The minimum absolute atomic E-state index is 0.172. The van der Waals surface area contributed by atoms with E-state index in [2.05, 4.69) is 10.2 Å². The lowest BCUT2D eigenvalue weighted by Gasteiger charge is -2.11. The zero-order chi connectivity index (χ0) is 10.8. The van der Waals surface area contributed by atoms with Crippen LogP contribution in [-0.2, 0) is 0 Å². The maximum atomic E-state index is 13.6. The van der Waals surface area contributed by atoms with Crippen LogP contribution in [-0.4, -0.2) is 10.2 Å². The molecule has 0 aliphatic carbocycles. The van der Waals surface area contributed by atoms with Gasteiger partial charge in [-0.05, 0) is 18.4 Å². The lowest BCUT2D eigenvalue weighted by Crippen LogP contribution is -2.02. The Labute approximate surface area is 88.1 Å². The molecule has 2 rings (SSSR count). The monoisotopic (exact) mass is 204 g/mol. The number of aromatic nitrogens is 2. The van der Waals surface area contributed by atoms with Gasteiger partial charge in [0.2, 0.25) is 5.95 Å². The van der Waals surface area contributed by atoms with Crippen molar-refractivity contribution in [3.05, 3.63) is 35.8 Å². The Morgan fingerprint density at radius 2 is 2.00 bits per heavy atom. The van der Waals surface area contributed by atoms with E-state index in [-0.39, 0.29) is 5.92 Å². The highest BCUT2D eigenvalue weighted by molar-refractivity contribution is 5.81. The van der Waals surface area contributed by atoms with Gasteiger partial charge in [-0.25, -0.2) is 0 Å². The van der Waals surface area contributed by atoms with Gasteiger partial charge < -0.3 is 0 Å². The number of nitrogens with zero attached hydrogens (tertiary/aromatic N) is 2. The summed E-state index contributed by atoms with van der Waals surface area (Å²) in [6.45, 7) is 4.05. The average molecular weight is 204 g/mol. The summed E-state index contributed by atoms with van der Waals surface area (Å²) < 4.78 is 13.6. The maximum Gasteiger partial charge on any atom is 0.237 e. The van der Waals surface area contributed by atoms with Crippen LogP contribution < -0.4 is 0 Å². The molecule has 1 aromatic heterocycles. The van der Waals surface area contributed by atoms with Crippen molar-refractivity contribution < 1.29 is 4.39 Å². The molecule has 0 N–H and O–H groups in total. The minimum Gasteiger partial charge on any atom is -0.183 e. The fourth-order valence-electron chi connectivity index (χ4n) is 1.72. The van der Waals surface area contributed by atoms with Crippen molar-refractivity contribution in [2.75, 3.05) is 0 Å². The first-order valence-electron chi connectivity index (χ1n) is 5.14. The van der Waals surface area contributed by atoms with Crippen molar-refractivity contribution in [2.45, 2.75) is 26.2 Å². The number of hydrogen-bond acceptors (Lipinski definition) is 2. The first-order valence-corrected chi connectivity index (χ1v) is 5.14. The van der Waals surface area contributed by atoms with Crippen molar-refractivity contribution in [3.8, 4) is 0 Å². The van der Waals surface area contributed by atoms with E-state index in [9.17, 15) is 4.39 Å². The molecule has 0 saturated heterocycles. The summed E-state index contributed by atoms with van der Waals surface area (Å²) in [5, 5.41) is 8.27. The minimum atomic E-state index is -0.442. The molecule has 2 aromatic rings. The van der Waals surface area contributed by atoms with E-state index in [1.807, 2.05) is 38.1 Å². The van der Waals surface area contributed by atoms with Crippen molar-refractivity contribution in [1.82, 2.24) is 10.2 Å². The van der Waals surface area contributed by atoms with Crippen LogP contribution in [0.4, 0.5) is 4.39 Å². The highest BCUT2D eigenvalue weighted by Gasteiger charge is 2.14. The highest BCUT2D eigenvalue weighted by atomic mass is 19.1. The second kappa shape index (κ2) is 3.93. The average Bonchev–Trinajstić information content (AvgIpc) is 2.28. The van der Waals surface area contributed by atoms with Crippen LogP contribution in [0.1, 0.15) is 31.7 Å². The van der Waals surface area contributed by atoms with Crippen LogP contribution in [0, 0.1) is 5.95 Å². The van der Waals surface area contributed by atoms with Gasteiger partial charge in [0, 0.05) is 10.9 Å².